The number of benzene rings is 2. The van der Waals surface area contributed by atoms with Gasteiger partial charge in [-0.2, -0.15) is 0 Å². The highest BCUT2D eigenvalue weighted by molar-refractivity contribution is 5.80. The number of piperidine rings is 1. The lowest BCUT2D eigenvalue weighted by atomic mass is 9.97. The number of anilines is 1. The van der Waals surface area contributed by atoms with Gasteiger partial charge in [0, 0.05) is 19.6 Å². The zero-order valence-corrected chi connectivity index (χ0v) is 18.4. The van der Waals surface area contributed by atoms with Crippen LogP contribution >= 0.6 is 0 Å². The molecule has 2 aromatic carbocycles. The molecule has 1 amide bonds. The number of fused-ring (bicyclic) bond motifs is 1. The van der Waals surface area contributed by atoms with E-state index in [0.717, 1.165) is 23.9 Å². The van der Waals surface area contributed by atoms with E-state index in [1.807, 2.05) is 54.3 Å². The van der Waals surface area contributed by atoms with Crippen molar-refractivity contribution < 1.29 is 14.3 Å². The number of aromatic nitrogens is 2. The summed E-state index contributed by atoms with van der Waals surface area (Å²) in [6.45, 7) is 4.04. The van der Waals surface area contributed by atoms with Crippen molar-refractivity contribution in [1.29, 1.82) is 0 Å². The van der Waals surface area contributed by atoms with Gasteiger partial charge in [-0.1, -0.05) is 18.2 Å². The number of methoxy groups -OCH3 is 1. The largest absolute Gasteiger partial charge is 0.493 e. The highest BCUT2D eigenvalue weighted by atomic mass is 16.5. The zero-order chi connectivity index (χ0) is 22.5. The number of H-pyrrole nitrogens is 1. The van der Waals surface area contributed by atoms with Gasteiger partial charge in [-0.25, -0.2) is 4.98 Å². The molecule has 1 unspecified atom stereocenters. The Labute approximate surface area is 186 Å². The van der Waals surface area contributed by atoms with Gasteiger partial charge in [0.1, 0.15) is 0 Å². The van der Waals surface area contributed by atoms with Gasteiger partial charge in [-0.3, -0.25) is 9.59 Å². The van der Waals surface area contributed by atoms with E-state index in [9.17, 15) is 9.59 Å². The van der Waals surface area contributed by atoms with Gasteiger partial charge in [0.05, 0.1) is 30.7 Å². The summed E-state index contributed by atoms with van der Waals surface area (Å²) in [5.41, 5.74) is 2.14. The van der Waals surface area contributed by atoms with E-state index < -0.39 is 0 Å². The lowest BCUT2D eigenvalue weighted by Gasteiger charge is -2.32. The first-order valence-corrected chi connectivity index (χ1v) is 10.9. The molecular weight excluding hydrogens is 408 g/mol. The van der Waals surface area contributed by atoms with Crippen LogP contribution in [-0.4, -0.2) is 42.7 Å². The fourth-order valence-corrected chi connectivity index (χ4v) is 4.05. The van der Waals surface area contributed by atoms with Crippen molar-refractivity contribution in [2.75, 3.05) is 31.7 Å². The van der Waals surface area contributed by atoms with E-state index in [1.165, 1.54) is 0 Å². The lowest BCUT2D eigenvalue weighted by molar-refractivity contribution is -0.125. The second-order valence-corrected chi connectivity index (χ2v) is 7.83. The van der Waals surface area contributed by atoms with Crippen LogP contribution in [0.1, 0.15) is 25.3 Å². The molecule has 2 N–H and O–H groups in total. The minimum absolute atomic E-state index is 0.0280. The summed E-state index contributed by atoms with van der Waals surface area (Å²) in [6.07, 6.45) is 1.60. The minimum atomic E-state index is -0.230. The summed E-state index contributed by atoms with van der Waals surface area (Å²) < 4.78 is 10.9. The van der Waals surface area contributed by atoms with Crippen molar-refractivity contribution in [3.05, 3.63) is 58.4 Å². The fourth-order valence-electron chi connectivity index (χ4n) is 4.05. The van der Waals surface area contributed by atoms with Crippen LogP contribution in [0.25, 0.3) is 11.0 Å². The van der Waals surface area contributed by atoms with Crippen LogP contribution in [0.15, 0.2) is 47.3 Å². The van der Waals surface area contributed by atoms with Gasteiger partial charge in [0.25, 0.3) is 5.56 Å². The monoisotopic (exact) mass is 436 g/mol. The highest BCUT2D eigenvalue weighted by Crippen LogP contribution is 2.28. The minimum Gasteiger partial charge on any atom is -0.493 e. The molecule has 1 aliphatic heterocycles. The molecule has 4 rings (SSSR count). The summed E-state index contributed by atoms with van der Waals surface area (Å²) in [4.78, 5) is 34.8. The number of aromatic amines is 1. The van der Waals surface area contributed by atoms with E-state index in [0.29, 0.717) is 49.1 Å². The number of rotatable bonds is 7. The molecule has 8 nitrogen and oxygen atoms in total. The fraction of sp³-hybridized carbons (Fsp3) is 0.375. The number of carbonyl (C=O) groups is 1. The molecule has 0 saturated carbocycles. The highest BCUT2D eigenvalue weighted by Gasteiger charge is 2.28. The van der Waals surface area contributed by atoms with Gasteiger partial charge < -0.3 is 24.7 Å². The molecule has 32 heavy (non-hydrogen) atoms. The third kappa shape index (κ3) is 4.69. The molecule has 8 heteroatoms. The van der Waals surface area contributed by atoms with E-state index in [1.54, 1.807) is 7.11 Å². The maximum Gasteiger partial charge on any atom is 0.291 e. The second kappa shape index (κ2) is 9.72. The SMILES string of the molecule is CCOc1ccc(CNC(=O)C2CCCN(c3nc4ccccc4[nH]c3=O)C2)cc1OC. The van der Waals surface area contributed by atoms with Crippen molar-refractivity contribution in [3.8, 4) is 11.5 Å². The van der Waals surface area contributed by atoms with Crippen molar-refractivity contribution in [1.82, 2.24) is 15.3 Å². The first kappa shape index (κ1) is 21.7. The molecule has 1 saturated heterocycles. The maximum atomic E-state index is 12.9. The average molecular weight is 437 g/mol. The summed E-state index contributed by atoms with van der Waals surface area (Å²) >= 11 is 0. The smallest absolute Gasteiger partial charge is 0.291 e. The molecule has 3 aromatic rings. The molecule has 0 radical (unpaired) electrons. The molecule has 168 valence electrons. The normalized spacial score (nSPS) is 16.1. The van der Waals surface area contributed by atoms with Crippen LogP contribution in [0.4, 0.5) is 5.82 Å². The van der Waals surface area contributed by atoms with E-state index in [2.05, 4.69) is 15.3 Å². The summed E-state index contributed by atoms with van der Waals surface area (Å²) in [5.74, 6) is 1.46. The number of para-hydroxylation sites is 2. The Morgan fingerprint density at radius 2 is 2.09 bits per heavy atom. The first-order valence-electron chi connectivity index (χ1n) is 10.9. The Balaban J connectivity index is 1.42. The van der Waals surface area contributed by atoms with Crippen molar-refractivity contribution in [2.24, 2.45) is 5.92 Å². The van der Waals surface area contributed by atoms with Gasteiger partial charge in [0.2, 0.25) is 5.91 Å². The molecule has 0 spiro atoms. The number of nitrogens with zero attached hydrogens (tertiary/aromatic N) is 2. The van der Waals surface area contributed by atoms with E-state index in [4.69, 9.17) is 9.47 Å². The van der Waals surface area contributed by atoms with Crippen LogP contribution in [0.2, 0.25) is 0 Å². The van der Waals surface area contributed by atoms with Crippen molar-refractivity contribution >= 4 is 22.8 Å². The number of hydrogen-bond acceptors (Lipinski definition) is 6. The average Bonchev–Trinajstić information content (AvgIpc) is 2.83. The summed E-state index contributed by atoms with van der Waals surface area (Å²) in [6, 6.07) is 13.1. The Morgan fingerprint density at radius 3 is 2.91 bits per heavy atom. The van der Waals surface area contributed by atoms with Crippen molar-refractivity contribution in [3.63, 3.8) is 0 Å². The van der Waals surface area contributed by atoms with Crippen LogP contribution < -0.4 is 25.2 Å². The Morgan fingerprint density at radius 1 is 1.25 bits per heavy atom. The quantitative estimate of drug-likeness (QED) is 0.591. The molecular formula is C24H28N4O4. The molecule has 0 bridgehead atoms. The van der Waals surface area contributed by atoms with Crippen LogP contribution in [0, 0.1) is 5.92 Å². The molecule has 0 aliphatic carbocycles. The second-order valence-electron chi connectivity index (χ2n) is 7.83. The topological polar surface area (TPSA) is 96.5 Å². The summed E-state index contributed by atoms with van der Waals surface area (Å²) in [7, 11) is 1.60. The summed E-state index contributed by atoms with van der Waals surface area (Å²) in [5, 5.41) is 3.02. The number of carbonyl (C=O) groups excluding carboxylic acids is 1. The lowest BCUT2D eigenvalue weighted by Crippen LogP contribution is -2.44. The van der Waals surface area contributed by atoms with Gasteiger partial charge in [0.15, 0.2) is 17.3 Å². The molecule has 1 atom stereocenters. The number of hydrogen-bond donors (Lipinski definition) is 2. The van der Waals surface area contributed by atoms with Gasteiger partial charge in [-0.05, 0) is 49.6 Å². The molecule has 1 aliphatic rings. The van der Waals surface area contributed by atoms with Crippen LogP contribution in [-0.2, 0) is 11.3 Å². The van der Waals surface area contributed by atoms with Gasteiger partial charge in [-0.15, -0.1) is 0 Å². The van der Waals surface area contributed by atoms with Crippen molar-refractivity contribution in [2.45, 2.75) is 26.3 Å². The first-order chi connectivity index (χ1) is 15.6. The maximum absolute atomic E-state index is 12.9. The molecule has 1 fully saturated rings. The zero-order valence-electron chi connectivity index (χ0n) is 18.4. The van der Waals surface area contributed by atoms with E-state index >= 15 is 0 Å². The standard InChI is InChI=1S/C24H28N4O4/c1-3-32-20-11-10-16(13-21(20)31-2)14-25-23(29)17-7-6-12-28(15-17)22-24(30)27-19-9-5-4-8-18(19)26-22/h4-5,8-11,13,17H,3,6-7,12,14-15H2,1-2H3,(H,25,29)(H,27,30). The Hall–Kier alpha value is -3.55. The predicted octanol–water partition coefficient (Wildman–Crippen LogP) is 2.86. The third-order valence-corrected chi connectivity index (χ3v) is 5.67. The Bertz CT molecular complexity index is 1160. The number of amides is 1. The molecule has 2 heterocycles. The third-order valence-electron chi connectivity index (χ3n) is 5.67. The van der Waals surface area contributed by atoms with E-state index in [-0.39, 0.29) is 17.4 Å². The predicted molar refractivity (Wildman–Crippen MR) is 123 cm³/mol. The Kier molecular flexibility index (Phi) is 6.58. The number of ether oxygens (including phenoxy) is 2. The number of nitrogens with one attached hydrogen (secondary N) is 2. The van der Waals surface area contributed by atoms with Crippen LogP contribution in [0.5, 0.6) is 11.5 Å². The van der Waals surface area contributed by atoms with Gasteiger partial charge >= 0.3 is 0 Å². The molecule has 1 aromatic heterocycles. The van der Waals surface area contributed by atoms with Crippen LogP contribution in [0.3, 0.4) is 0 Å².